The lowest BCUT2D eigenvalue weighted by atomic mass is 9.83. The molecule has 0 saturated heterocycles. The second-order valence-electron chi connectivity index (χ2n) is 6.61. The van der Waals surface area contributed by atoms with Crippen molar-refractivity contribution in [1.82, 2.24) is 4.57 Å². The molecule has 1 heterocycles. The average Bonchev–Trinajstić information content (AvgIpc) is 2.93. The molecule has 2 heteroatoms. The lowest BCUT2D eigenvalue weighted by molar-refractivity contribution is -0.120. The van der Waals surface area contributed by atoms with Crippen molar-refractivity contribution in [2.24, 2.45) is 7.05 Å². The van der Waals surface area contributed by atoms with Gasteiger partial charge in [-0.05, 0) is 47.6 Å². The number of hydrogen-bond donors (Lipinski definition) is 0. The van der Waals surface area contributed by atoms with Crippen LogP contribution in [0.2, 0.25) is 0 Å². The number of carbonyl (C=O) groups excluding carboxylic acids is 1. The molecule has 0 atom stereocenters. The quantitative estimate of drug-likeness (QED) is 0.647. The number of aromatic nitrogens is 1. The van der Waals surface area contributed by atoms with Crippen molar-refractivity contribution in [3.05, 3.63) is 60.3 Å². The summed E-state index contributed by atoms with van der Waals surface area (Å²) in [5, 5.41) is 1.34. The van der Waals surface area contributed by atoms with Crippen LogP contribution in [0.15, 0.2) is 54.7 Å². The van der Waals surface area contributed by atoms with Gasteiger partial charge in [-0.15, -0.1) is 0 Å². The van der Waals surface area contributed by atoms with E-state index in [1.165, 1.54) is 27.6 Å². The van der Waals surface area contributed by atoms with Crippen LogP contribution >= 0.6 is 0 Å². The van der Waals surface area contributed by atoms with E-state index in [0.29, 0.717) is 11.7 Å². The van der Waals surface area contributed by atoms with Gasteiger partial charge in [0, 0.05) is 37.0 Å². The molecular weight excluding hydrogens is 282 g/mol. The first-order valence-electron chi connectivity index (χ1n) is 8.38. The minimum atomic E-state index is 0.423. The van der Waals surface area contributed by atoms with Crippen LogP contribution in [0.1, 0.15) is 37.2 Å². The molecule has 1 fully saturated rings. The summed E-state index contributed by atoms with van der Waals surface area (Å²) < 4.78 is 2.22. The predicted molar refractivity (Wildman–Crippen MR) is 94.6 cm³/mol. The third-order valence-corrected chi connectivity index (χ3v) is 5.11. The highest BCUT2D eigenvalue weighted by Gasteiger charge is 2.23. The number of benzene rings is 2. The third kappa shape index (κ3) is 2.59. The van der Waals surface area contributed by atoms with Gasteiger partial charge in [-0.25, -0.2) is 0 Å². The Kier molecular flexibility index (Phi) is 3.53. The summed E-state index contributed by atoms with van der Waals surface area (Å²) in [5.74, 6) is 0.939. The number of hydrogen-bond acceptors (Lipinski definition) is 1. The smallest absolute Gasteiger partial charge is 0.132 e. The van der Waals surface area contributed by atoms with E-state index in [9.17, 15) is 4.79 Å². The van der Waals surface area contributed by atoms with Crippen molar-refractivity contribution in [2.75, 3.05) is 0 Å². The van der Waals surface area contributed by atoms with Gasteiger partial charge in [0.25, 0.3) is 0 Å². The molecule has 0 N–H and O–H groups in total. The summed E-state index contributed by atoms with van der Waals surface area (Å²) >= 11 is 0. The lowest BCUT2D eigenvalue weighted by Crippen LogP contribution is -2.12. The number of fused-ring (bicyclic) bond motifs is 1. The van der Waals surface area contributed by atoms with Crippen LogP contribution in [0.5, 0.6) is 0 Å². The molecule has 116 valence electrons. The van der Waals surface area contributed by atoms with Gasteiger partial charge in [-0.3, -0.25) is 4.79 Å². The second kappa shape index (κ2) is 5.69. The number of Topliss-reactive ketones (excluding diaryl/α,β-unsaturated/α-hetero) is 1. The van der Waals surface area contributed by atoms with Crippen molar-refractivity contribution < 1.29 is 4.79 Å². The summed E-state index contributed by atoms with van der Waals surface area (Å²) in [6.45, 7) is 0. The summed E-state index contributed by atoms with van der Waals surface area (Å²) in [7, 11) is 2.11. The van der Waals surface area contributed by atoms with E-state index >= 15 is 0 Å². The summed E-state index contributed by atoms with van der Waals surface area (Å²) in [5.41, 5.74) is 5.20. The van der Waals surface area contributed by atoms with Crippen LogP contribution in [-0.4, -0.2) is 10.4 Å². The van der Waals surface area contributed by atoms with Crippen LogP contribution in [0, 0.1) is 0 Å². The molecule has 23 heavy (non-hydrogen) atoms. The number of carbonyl (C=O) groups is 1. The zero-order chi connectivity index (χ0) is 15.8. The molecule has 0 unspecified atom stereocenters. The highest BCUT2D eigenvalue weighted by Crippen LogP contribution is 2.37. The van der Waals surface area contributed by atoms with E-state index in [1.54, 1.807) is 0 Å². The van der Waals surface area contributed by atoms with E-state index < -0.39 is 0 Å². The SMILES string of the molecule is Cn1cc(C2CCC(=O)CC2)c2cc(-c3ccccc3)ccc21. The molecule has 1 aliphatic carbocycles. The van der Waals surface area contributed by atoms with Crippen molar-refractivity contribution in [1.29, 1.82) is 0 Å². The number of rotatable bonds is 2. The summed E-state index contributed by atoms with van der Waals surface area (Å²) in [6, 6.07) is 17.3. The van der Waals surface area contributed by atoms with Gasteiger partial charge in [0.1, 0.15) is 5.78 Å². The predicted octanol–water partition coefficient (Wildman–Crippen LogP) is 5.07. The highest BCUT2D eigenvalue weighted by molar-refractivity contribution is 5.89. The number of ketones is 1. The zero-order valence-electron chi connectivity index (χ0n) is 13.5. The molecule has 2 aromatic carbocycles. The zero-order valence-corrected chi connectivity index (χ0v) is 13.5. The molecule has 0 amide bonds. The minimum Gasteiger partial charge on any atom is -0.350 e. The van der Waals surface area contributed by atoms with E-state index in [2.05, 4.69) is 66.3 Å². The van der Waals surface area contributed by atoms with Crippen LogP contribution in [0.3, 0.4) is 0 Å². The lowest BCUT2D eigenvalue weighted by Gasteiger charge is -2.20. The van der Waals surface area contributed by atoms with Crippen LogP contribution in [0.4, 0.5) is 0 Å². The van der Waals surface area contributed by atoms with Crippen molar-refractivity contribution in [3.8, 4) is 11.1 Å². The Hall–Kier alpha value is -2.35. The Labute approximate surface area is 136 Å². The number of nitrogens with zero attached hydrogens (tertiary/aromatic N) is 1. The van der Waals surface area contributed by atoms with Crippen molar-refractivity contribution >= 4 is 16.7 Å². The van der Waals surface area contributed by atoms with E-state index in [4.69, 9.17) is 0 Å². The third-order valence-electron chi connectivity index (χ3n) is 5.11. The van der Waals surface area contributed by atoms with Gasteiger partial charge in [0.2, 0.25) is 0 Å². The van der Waals surface area contributed by atoms with Crippen LogP contribution in [-0.2, 0) is 11.8 Å². The maximum Gasteiger partial charge on any atom is 0.132 e. The fourth-order valence-electron chi connectivity index (χ4n) is 3.81. The first kappa shape index (κ1) is 14.3. The van der Waals surface area contributed by atoms with Gasteiger partial charge >= 0.3 is 0 Å². The van der Waals surface area contributed by atoms with Crippen LogP contribution < -0.4 is 0 Å². The molecule has 0 spiro atoms. The molecule has 1 aliphatic rings. The molecule has 3 aromatic rings. The molecule has 0 radical (unpaired) electrons. The van der Waals surface area contributed by atoms with Gasteiger partial charge < -0.3 is 4.57 Å². The molecule has 1 aromatic heterocycles. The van der Waals surface area contributed by atoms with Gasteiger partial charge in [-0.1, -0.05) is 36.4 Å². The first-order valence-corrected chi connectivity index (χ1v) is 8.38. The Morgan fingerprint density at radius 3 is 2.43 bits per heavy atom. The molecule has 1 saturated carbocycles. The standard InChI is InChI=1S/C21H21NO/c1-22-14-20(16-7-10-18(23)11-8-16)19-13-17(9-12-21(19)22)15-5-3-2-4-6-15/h2-6,9,12-14,16H,7-8,10-11H2,1H3. The largest absolute Gasteiger partial charge is 0.350 e. The van der Waals surface area contributed by atoms with E-state index in [1.807, 2.05) is 0 Å². The van der Waals surface area contributed by atoms with E-state index in [-0.39, 0.29) is 0 Å². The monoisotopic (exact) mass is 303 g/mol. The highest BCUT2D eigenvalue weighted by atomic mass is 16.1. The summed E-state index contributed by atoms with van der Waals surface area (Å²) in [6.07, 6.45) is 5.72. The second-order valence-corrected chi connectivity index (χ2v) is 6.61. The molecule has 0 aliphatic heterocycles. The van der Waals surface area contributed by atoms with Gasteiger partial charge in [0.15, 0.2) is 0 Å². The van der Waals surface area contributed by atoms with Crippen molar-refractivity contribution in [2.45, 2.75) is 31.6 Å². The Balaban J connectivity index is 1.80. The normalized spacial score (nSPS) is 16.1. The fourth-order valence-corrected chi connectivity index (χ4v) is 3.81. The Bertz CT molecular complexity index is 850. The fraction of sp³-hybridized carbons (Fsp3) is 0.286. The number of aryl methyl sites for hydroxylation is 1. The Morgan fingerprint density at radius 1 is 0.957 bits per heavy atom. The average molecular weight is 303 g/mol. The molecule has 0 bridgehead atoms. The first-order chi connectivity index (χ1) is 11.2. The van der Waals surface area contributed by atoms with Crippen molar-refractivity contribution in [3.63, 3.8) is 0 Å². The van der Waals surface area contributed by atoms with Gasteiger partial charge in [-0.2, -0.15) is 0 Å². The molecule has 4 rings (SSSR count). The maximum atomic E-state index is 11.5. The molecular formula is C21H21NO. The van der Waals surface area contributed by atoms with E-state index in [0.717, 1.165) is 25.7 Å². The summed E-state index contributed by atoms with van der Waals surface area (Å²) in [4.78, 5) is 11.5. The van der Waals surface area contributed by atoms with Crippen LogP contribution in [0.25, 0.3) is 22.0 Å². The minimum absolute atomic E-state index is 0.423. The molecule has 2 nitrogen and oxygen atoms in total. The van der Waals surface area contributed by atoms with Gasteiger partial charge in [0.05, 0.1) is 0 Å². The Morgan fingerprint density at radius 2 is 1.70 bits per heavy atom. The topological polar surface area (TPSA) is 22.0 Å². The maximum absolute atomic E-state index is 11.5.